The molecule has 0 unspecified atom stereocenters. The smallest absolute Gasteiger partial charge is 0.509 e. The van der Waals surface area contributed by atoms with Crippen LogP contribution in [0.1, 0.15) is 5.56 Å². The number of alkyl halides is 2. The minimum atomic E-state index is -3.65. The molecule has 1 aromatic rings. The first-order valence-corrected chi connectivity index (χ1v) is 5.59. The van der Waals surface area contributed by atoms with E-state index in [4.69, 9.17) is 23.2 Å². The maximum absolute atomic E-state index is 11.3. The third kappa shape index (κ3) is 1.97. The summed E-state index contributed by atoms with van der Waals surface area (Å²) in [5.74, 6) is 0. The van der Waals surface area contributed by atoms with E-state index in [0.29, 0.717) is 5.56 Å². The Morgan fingerprint density at radius 3 is 2.36 bits per heavy atom. The fraction of sp³-hybridized carbons (Fsp3) is 0.143. The van der Waals surface area contributed by atoms with E-state index in [1.807, 2.05) is 0 Å². The van der Waals surface area contributed by atoms with Crippen LogP contribution >= 0.6 is 23.2 Å². The van der Waals surface area contributed by atoms with Crippen molar-refractivity contribution in [3.05, 3.63) is 34.6 Å². The van der Waals surface area contributed by atoms with Crippen molar-refractivity contribution in [1.29, 1.82) is 0 Å². The third-order valence-electron chi connectivity index (χ3n) is 1.72. The zero-order valence-electron chi connectivity index (χ0n) is 7.24. The number of benzene rings is 1. The second kappa shape index (κ2) is 3.94. The average Bonchev–Trinajstić information content (AvgIpc) is 2.20. The fourth-order valence-electron chi connectivity index (χ4n) is 1.19. The van der Waals surface area contributed by atoms with Crippen molar-refractivity contribution in [2.24, 2.45) is 0 Å². The van der Waals surface area contributed by atoms with Gasteiger partial charge in [0.25, 0.3) is 0 Å². The first-order valence-electron chi connectivity index (χ1n) is 3.40. The number of sulfonamides is 1. The van der Waals surface area contributed by atoms with Crippen LogP contribution in [0.15, 0.2) is 29.2 Å². The molecule has 0 saturated heterocycles. The molecule has 7 heteroatoms. The van der Waals surface area contributed by atoms with Gasteiger partial charge in [0.05, 0.1) is 9.35 Å². The van der Waals surface area contributed by atoms with Crippen LogP contribution in [0.3, 0.4) is 0 Å². The molecule has 0 bridgehead atoms. The van der Waals surface area contributed by atoms with Crippen LogP contribution in [0, 0.1) is 0 Å². The first kappa shape index (κ1) is 12.8. The molecule has 1 aliphatic rings. The molecule has 14 heavy (non-hydrogen) atoms. The van der Waals surface area contributed by atoms with Gasteiger partial charge >= 0.3 is 29.6 Å². The van der Waals surface area contributed by atoms with Crippen molar-refractivity contribution < 1.29 is 38.0 Å². The van der Waals surface area contributed by atoms with Crippen molar-refractivity contribution in [1.82, 2.24) is 0 Å². The van der Waals surface area contributed by atoms with Crippen molar-refractivity contribution in [3.63, 3.8) is 0 Å². The van der Waals surface area contributed by atoms with E-state index in [1.54, 1.807) is 18.2 Å². The number of fused-ring (bicyclic) bond motifs is 1. The van der Waals surface area contributed by atoms with Gasteiger partial charge in [-0.25, -0.2) is 8.42 Å². The number of rotatable bonds is 0. The van der Waals surface area contributed by atoms with E-state index < -0.39 is 14.5 Å². The summed E-state index contributed by atoms with van der Waals surface area (Å²) in [7, 11) is -3.65. The van der Waals surface area contributed by atoms with Gasteiger partial charge in [0.2, 0.25) is 0 Å². The van der Waals surface area contributed by atoms with E-state index in [0.717, 1.165) is 0 Å². The zero-order chi connectivity index (χ0) is 9.69. The summed E-state index contributed by atoms with van der Waals surface area (Å²) in [5.41, 5.74) is 0.318. The van der Waals surface area contributed by atoms with Crippen LogP contribution in [0.2, 0.25) is 0 Å². The van der Waals surface area contributed by atoms with Crippen molar-refractivity contribution in [3.8, 4) is 0 Å². The minimum Gasteiger partial charge on any atom is -0.509 e. The van der Waals surface area contributed by atoms with Gasteiger partial charge in [0, 0.05) is 0 Å². The second-order valence-corrected chi connectivity index (χ2v) is 5.46. The van der Waals surface area contributed by atoms with Crippen LogP contribution in [-0.2, 0) is 14.5 Å². The molecule has 0 N–H and O–H groups in total. The molecule has 1 heterocycles. The van der Waals surface area contributed by atoms with Crippen LogP contribution in [-0.4, -0.2) is 8.42 Å². The maximum atomic E-state index is 11.3. The van der Waals surface area contributed by atoms with Crippen LogP contribution in [0.5, 0.6) is 0 Å². The molecule has 0 spiro atoms. The topological polar surface area (TPSA) is 48.2 Å². The predicted molar refractivity (Wildman–Crippen MR) is 50.4 cm³/mol. The normalized spacial score (nSPS) is 21.0. The number of nitrogens with zero attached hydrogens (tertiary/aromatic N) is 1. The van der Waals surface area contributed by atoms with Crippen molar-refractivity contribution in [2.45, 2.75) is 9.35 Å². The number of hydrogen-bond acceptors (Lipinski definition) is 2. The van der Waals surface area contributed by atoms with Gasteiger partial charge in [-0.05, 0) is 11.6 Å². The predicted octanol–water partition coefficient (Wildman–Crippen LogP) is -0.646. The molecule has 0 atom stereocenters. The van der Waals surface area contributed by atoms with E-state index in [-0.39, 0.29) is 34.5 Å². The van der Waals surface area contributed by atoms with Gasteiger partial charge in [-0.3, -0.25) is 0 Å². The third-order valence-corrected chi connectivity index (χ3v) is 3.93. The van der Waals surface area contributed by atoms with Gasteiger partial charge < -0.3 is 4.72 Å². The summed E-state index contributed by atoms with van der Waals surface area (Å²) < 4.78 is 24.3. The molecule has 1 aromatic carbocycles. The second-order valence-electron chi connectivity index (χ2n) is 2.60. The summed E-state index contributed by atoms with van der Waals surface area (Å²) in [6.45, 7) is 0. The minimum absolute atomic E-state index is 0. The number of halogens is 2. The fourth-order valence-corrected chi connectivity index (χ4v) is 3.42. The quantitative estimate of drug-likeness (QED) is 0.354. The Labute approximate surface area is 114 Å². The first-order chi connectivity index (χ1) is 5.93. The van der Waals surface area contributed by atoms with E-state index in [1.165, 1.54) is 6.07 Å². The van der Waals surface area contributed by atoms with Gasteiger partial charge in [-0.15, -0.1) is 23.2 Å². The molecule has 1 aliphatic heterocycles. The molecule has 0 aromatic heterocycles. The Kier molecular flexibility index (Phi) is 3.60. The van der Waals surface area contributed by atoms with E-state index >= 15 is 0 Å². The van der Waals surface area contributed by atoms with Crippen LogP contribution < -0.4 is 29.6 Å². The maximum Gasteiger partial charge on any atom is 1.00 e. The van der Waals surface area contributed by atoms with Crippen molar-refractivity contribution >= 4 is 33.2 Å². The van der Waals surface area contributed by atoms with E-state index in [9.17, 15) is 8.42 Å². The van der Waals surface area contributed by atoms with Crippen molar-refractivity contribution in [2.75, 3.05) is 0 Å². The molecule has 3 nitrogen and oxygen atoms in total. The molecule has 0 saturated carbocycles. The molecule has 0 amide bonds. The Hall–Kier alpha value is 0.710. The molecular formula is C7H4Cl2NNaO2S. The Morgan fingerprint density at radius 1 is 1.21 bits per heavy atom. The Morgan fingerprint density at radius 2 is 1.79 bits per heavy atom. The standard InChI is InChI=1S/C7H4Cl2NO2S.Na/c8-7(9)5-3-1-2-4-6(5)13(11,12)10-7;/h1-4H;/q-1;+1. The molecule has 70 valence electrons. The van der Waals surface area contributed by atoms with E-state index in [2.05, 4.69) is 4.72 Å². The summed E-state index contributed by atoms with van der Waals surface area (Å²) in [5, 5.41) is 0. The monoisotopic (exact) mass is 259 g/mol. The zero-order valence-corrected chi connectivity index (χ0v) is 11.6. The summed E-state index contributed by atoms with van der Waals surface area (Å²) in [4.78, 5) is 0.0833. The Balaban J connectivity index is 0.000000980. The van der Waals surface area contributed by atoms with Gasteiger partial charge in [0.1, 0.15) is 10.0 Å². The molecule has 0 radical (unpaired) electrons. The molecule has 2 rings (SSSR count). The SMILES string of the molecule is O=S1(=O)[N-]C(Cl)(Cl)c2ccccc21.[Na+]. The van der Waals surface area contributed by atoms with Gasteiger partial charge in [0.15, 0.2) is 0 Å². The number of hydrogen-bond donors (Lipinski definition) is 0. The van der Waals surface area contributed by atoms with Crippen LogP contribution in [0.4, 0.5) is 0 Å². The largest absolute Gasteiger partial charge is 1.00 e. The van der Waals surface area contributed by atoms with Crippen LogP contribution in [0.25, 0.3) is 4.72 Å². The molecular weight excluding hydrogens is 256 g/mol. The van der Waals surface area contributed by atoms with Gasteiger partial charge in [-0.1, -0.05) is 18.2 Å². The average molecular weight is 260 g/mol. The molecule has 0 fully saturated rings. The summed E-state index contributed by atoms with van der Waals surface area (Å²) >= 11 is 11.4. The summed E-state index contributed by atoms with van der Waals surface area (Å²) in [6.07, 6.45) is 0. The van der Waals surface area contributed by atoms with Gasteiger partial charge in [-0.2, -0.15) is 0 Å². The Bertz CT molecular complexity index is 461. The summed E-state index contributed by atoms with van der Waals surface area (Å²) in [6, 6.07) is 6.24. The molecule has 0 aliphatic carbocycles.